The Labute approximate surface area is 102 Å². The van der Waals surface area contributed by atoms with Gasteiger partial charge in [-0.2, -0.15) is 0 Å². The summed E-state index contributed by atoms with van der Waals surface area (Å²) in [5.41, 5.74) is 0. The van der Waals surface area contributed by atoms with E-state index in [9.17, 15) is 14.7 Å². The zero-order valence-electron chi connectivity index (χ0n) is 10.2. The first-order valence-electron chi connectivity index (χ1n) is 5.89. The zero-order valence-corrected chi connectivity index (χ0v) is 10.2. The highest BCUT2D eigenvalue weighted by atomic mass is 16.4. The molecular weight excluding hydrogens is 220 g/mol. The van der Waals surface area contributed by atoms with E-state index in [0.29, 0.717) is 12.0 Å². The SMILES string of the molecule is CCCCCCCC(=O)[O-].O=Cc1ccco1. The summed E-state index contributed by atoms with van der Waals surface area (Å²) in [6.45, 7) is 2.14. The Morgan fingerprint density at radius 1 is 1.35 bits per heavy atom. The molecular formula is C13H19O4-. The number of aliphatic carboxylic acids is 1. The zero-order chi connectivity index (χ0) is 12.9. The summed E-state index contributed by atoms with van der Waals surface area (Å²) >= 11 is 0. The van der Waals surface area contributed by atoms with Crippen LogP contribution in [0.3, 0.4) is 0 Å². The lowest BCUT2D eigenvalue weighted by Gasteiger charge is -2.00. The van der Waals surface area contributed by atoms with Crippen molar-refractivity contribution in [3.63, 3.8) is 0 Å². The summed E-state index contributed by atoms with van der Waals surface area (Å²) < 4.78 is 4.61. The minimum Gasteiger partial charge on any atom is -0.550 e. The van der Waals surface area contributed by atoms with Crippen molar-refractivity contribution in [3.05, 3.63) is 24.2 Å². The van der Waals surface area contributed by atoms with Crippen LogP contribution in [-0.2, 0) is 4.79 Å². The number of rotatable bonds is 7. The lowest BCUT2D eigenvalue weighted by molar-refractivity contribution is -0.305. The predicted molar refractivity (Wildman–Crippen MR) is 62.5 cm³/mol. The molecule has 0 atom stereocenters. The molecule has 1 aromatic rings. The van der Waals surface area contributed by atoms with E-state index in [0.717, 1.165) is 19.3 Å². The maximum atomic E-state index is 9.92. The Bertz CT molecular complexity index is 290. The highest BCUT2D eigenvalue weighted by molar-refractivity contribution is 5.69. The molecule has 4 heteroatoms. The van der Waals surface area contributed by atoms with Gasteiger partial charge in [-0.1, -0.05) is 32.6 Å². The Balaban J connectivity index is 0.000000318. The number of carboxylic acid groups (broad SMARTS) is 1. The first kappa shape index (κ1) is 15.4. The van der Waals surface area contributed by atoms with Crippen LogP contribution >= 0.6 is 0 Å². The maximum Gasteiger partial charge on any atom is 0.185 e. The second kappa shape index (κ2) is 10.9. The molecule has 17 heavy (non-hydrogen) atoms. The van der Waals surface area contributed by atoms with Crippen LogP contribution in [0.5, 0.6) is 0 Å². The normalized spacial score (nSPS) is 9.24. The van der Waals surface area contributed by atoms with E-state index >= 15 is 0 Å². The van der Waals surface area contributed by atoms with Gasteiger partial charge in [-0.15, -0.1) is 0 Å². The number of carboxylic acids is 1. The number of carbonyl (C=O) groups is 2. The average Bonchev–Trinajstić information content (AvgIpc) is 2.82. The lowest BCUT2D eigenvalue weighted by atomic mass is 10.1. The van der Waals surface area contributed by atoms with E-state index in [1.54, 1.807) is 12.1 Å². The second-order valence-electron chi connectivity index (χ2n) is 3.67. The summed E-state index contributed by atoms with van der Waals surface area (Å²) in [4.78, 5) is 19.7. The molecule has 0 radical (unpaired) electrons. The lowest BCUT2D eigenvalue weighted by Crippen LogP contribution is -2.21. The number of hydrogen-bond donors (Lipinski definition) is 0. The van der Waals surface area contributed by atoms with Crippen molar-refractivity contribution in [2.45, 2.75) is 45.4 Å². The van der Waals surface area contributed by atoms with Crippen LogP contribution in [0.1, 0.15) is 56.0 Å². The van der Waals surface area contributed by atoms with Gasteiger partial charge in [-0.3, -0.25) is 4.79 Å². The van der Waals surface area contributed by atoms with Crippen LogP contribution in [0.2, 0.25) is 0 Å². The van der Waals surface area contributed by atoms with Crippen LogP contribution < -0.4 is 5.11 Å². The van der Waals surface area contributed by atoms with Gasteiger partial charge in [0, 0.05) is 5.97 Å². The van der Waals surface area contributed by atoms with Gasteiger partial charge in [0.05, 0.1) is 6.26 Å². The molecule has 0 N–H and O–H groups in total. The maximum absolute atomic E-state index is 9.92. The molecule has 0 saturated carbocycles. The molecule has 0 aromatic carbocycles. The molecule has 1 aromatic heterocycles. The highest BCUT2D eigenvalue weighted by Gasteiger charge is 1.88. The third-order valence-corrected chi connectivity index (χ3v) is 2.14. The van der Waals surface area contributed by atoms with E-state index in [2.05, 4.69) is 11.3 Å². The Kier molecular flexibility index (Phi) is 9.91. The number of furan rings is 1. The molecule has 0 bridgehead atoms. The highest BCUT2D eigenvalue weighted by Crippen LogP contribution is 2.03. The average molecular weight is 239 g/mol. The minimum atomic E-state index is -0.920. The fourth-order valence-electron chi connectivity index (χ4n) is 1.23. The summed E-state index contributed by atoms with van der Waals surface area (Å²) in [5.74, 6) is -0.545. The molecule has 96 valence electrons. The predicted octanol–water partition coefficient (Wildman–Crippen LogP) is 2.19. The number of unbranched alkanes of at least 4 members (excludes halogenated alkanes) is 4. The topological polar surface area (TPSA) is 70.3 Å². The third-order valence-electron chi connectivity index (χ3n) is 2.14. The van der Waals surface area contributed by atoms with Crippen LogP contribution in [0, 0.1) is 0 Å². The Morgan fingerprint density at radius 3 is 2.47 bits per heavy atom. The van der Waals surface area contributed by atoms with Crippen molar-refractivity contribution in [2.24, 2.45) is 0 Å². The van der Waals surface area contributed by atoms with Gasteiger partial charge >= 0.3 is 0 Å². The summed E-state index contributed by atoms with van der Waals surface area (Å²) in [7, 11) is 0. The van der Waals surface area contributed by atoms with E-state index < -0.39 is 5.97 Å². The standard InChI is InChI=1S/C8H16O2.C5H4O2/c1-2-3-4-5-6-7-8(9)10;6-4-5-2-1-3-7-5/h2-7H2,1H3,(H,9,10);1-4H/p-1. The minimum absolute atomic E-state index is 0.226. The van der Waals surface area contributed by atoms with Crippen molar-refractivity contribution >= 4 is 12.3 Å². The molecule has 4 nitrogen and oxygen atoms in total. The van der Waals surface area contributed by atoms with Crippen LogP contribution in [0.4, 0.5) is 0 Å². The first-order chi connectivity index (χ1) is 8.20. The number of carbonyl (C=O) groups excluding carboxylic acids is 2. The van der Waals surface area contributed by atoms with E-state index in [1.807, 2.05) is 0 Å². The largest absolute Gasteiger partial charge is 0.550 e. The molecule has 0 spiro atoms. The van der Waals surface area contributed by atoms with Crippen LogP contribution in [0.25, 0.3) is 0 Å². The van der Waals surface area contributed by atoms with Gasteiger partial charge < -0.3 is 14.3 Å². The van der Waals surface area contributed by atoms with E-state index in [1.165, 1.54) is 19.1 Å². The van der Waals surface area contributed by atoms with Gasteiger partial charge in [0.15, 0.2) is 12.0 Å². The Morgan fingerprint density at radius 2 is 2.06 bits per heavy atom. The molecule has 0 aliphatic carbocycles. The second-order valence-corrected chi connectivity index (χ2v) is 3.67. The van der Waals surface area contributed by atoms with Gasteiger partial charge in [-0.05, 0) is 25.0 Å². The summed E-state index contributed by atoms with van der Waals surface area (Å²) in [5, 5.41) is 9.92. The van der Waals surface area contributed by atoms with Crippen molar-refractivity contribution in [2.75, 3.05) is 0 Å². The summed E-state index contributed by atoms with van der Waals surface area (Å²) in [6, 6.07) is 3.27. The molecule has 0 aliphatic heterocycles. The fraction of sp³-hybridized carbons (Fsp3) is 0.538. The van der Waals surface area contributed by atoms with Crippen molar-refractivity contribution in [1.29, 1.82) is 0 Å². The van der Waals surface area contributed by atoms with Crippen molar-refractivity contribution in [3.8, 4) is 0 Å². The fourth-order valence-corrected chi connectivity index (χ4v) is 1.23. The van der Waals surface area contributed by atoms with Crippen molar-refractivity contribution < 1.29 is 19.1 Å². The molecule has 0 saturated heterocycles. The van der Waals surface area contributed by atoms with E-state index in [-0.39, 0.29) is 6.42 Å². The molecule has 1 heterocycles. The first-order valence-corrected chi connectivity index (χ1v) is 5.89. The molecule has 0 unspecified atom stereocenters. The van der Waals surface area contributed by atoms with Crippen LogP contribution in [0.15, 0.2) is 22.8 Å². The summed E-state index contributed by atoms with van der Waals surface area (Å²) in [6.07, 6.45) is 7.74. The molecule has 0 fully saturated rings. The monoisotopic (exact) mass is 239 g/mol. The van der Waals surface area contributed by atoms with Gasteiger partial charge in [0.1, 0.15) is 0 Å². The smallest absolute Gasteiger partial charge is 0.185 e. The van der Waals surface area contributed by atoms with Gasteiger partial charge in [0.2, 0.25) is 0 Å². The number of aldehydes is 1. The van der Waals surface area contributed by atoms with E-state index in [4.69, 9.17) is 0 Å². The molecule has 0 amide bonds. The number of hydrogen-bond acceptors (Lipinski definition) is 4. The van der Waals surface area contributed by atoms with Gasteiger partial charge in [-0.25, -0.2) is 0 Å². The third kappa shape index (κ3) is 10.7. The molecule has 0 aliphatic rings. The quantitative estimate of drug-likeness (QED) is 0.540. The molecule has 1 rings (SSSR count). The van der Waals surface area contributed by atoms with Gasteiger partial charge in [0.25, 0.3) is 0 Å². The van der Waals surface area contributed by atoms with Crippen LogP contribution in [-0.4, -0.2) is 12.3 Å². The van der Waals surface area contributed by atoms with Crippen molar-refractivity contribution in [1.82, 2.24) is 0 Å². The Hall–Kier alpha value is -1.58.